The van der Waals surface area contributed by atoms with Crippen molar-refractivity contribution in [3.05, 3.63) is 96.2 Å². The second kappa shape index (κ2) is 10.2. The average molecular weight is 444 g/mol. The molecule has 2 amide bonds. The van der Waals surface area contributed by atoms with E-state index in [0.717, 1.165) is 27.0 Å². The number of anilines is 1. The summed E-state index contributed by atoms with van der Waals surface area (Å²) in [5.41, 5.74) is 3.66. The van der Waals surface area contributed by atoms with Crippen LogP contribution in [0.3, 0.4) is 0 Å². The van der Waals surface area contributed by atoms with Crippen molar-refractivity contribution < 1.29 is 9.59 Å². The molecule has 5 nitrogen and oxygen atoms in total. The van der Waals surface area contributed by atoms with Crippen LogP contribution in [0.2, 0.25) is 0 Å². The third-order valence-electron chi connectivity index (χ3n) is 5.09. The molecule has 3 aromatic carbocycles. The Morgan fingerprint density at radius 3 is 2.53 bits per heavy atom. The normalized spacial score (nSPS) is 10.8. The number of aromatic nitrogens is 1. The molecule has 4 aromatic rings. The van der Waals surface area contributed by atoms with Crippen molar-refractivity contribution in [1.29, 1.82) is 0 Å². The van der Waals surface area contributed by atoms with Crippen molar-refractivity contribution in [2.45, 2.75) is 18.4 Å². The largest absolute Gasteiger partial charge is 0.350 e. The first-order valence-corrected chi connectivity index (χ1v) is 11.5. The molecule has 0 aliphatic rings. The number of fused-ring (bicyclic) bond motifs is 1. The molecule has 0 aliphatic carbocycles. The minimum Gasteiger partial charge on any atom is -0.350 e. The Kier molecular flexibility index (Phi) is 6.92. The lowest BCUT2D eigenvalue weighted by Crippen LogP contribution is -2.26. The fourth-order valence-corrected chi connectivity index (χ4v) is 4.45. The minimum absolute atomic E-state index is 0.0347. The summed E-state index contributed by atoms with van der Waals surface area (Å²) >= 11 is 1.52. The molecule has 0 spiro atoms. The van der Waals surface area contributed by atoms with Crippen LogP contribution >= 0.6 is 11.8 Å². The quantitative estimate of drug-likeness (QED) is 0.372. The van der Waals surface area contributed by atoms with Crippen molar-refractivity contribution in [2.24, 2.45) is 0 Å². The van der Waals surface area contributed by atoms with Crippen molar-refractivity contribution in [3.63, 3.8) is 0 Å². The van der Waals surface area contributed by atoms with Gasteiger partial charge in [-0.25, -0.2) is 0 Å². The van der Waals surface area contributed by atoms with Crippen molar-refractivity contribution >= 4 is 40.2 Å². The third kappa shape index (κ3) is 5.39. The van der Waals surface area contributed by atoms with Gasteiger partial charge in [0.2, 0.25) is 5.91 Å². The zero-order chi connectivity index (χ0) is 22.3. The second-order valence-corrected chi connectivity index (χ2v) is 8.55. The Balaban J connectivity index is 1.38. The van der Waals surface area contributed by atoms with Gasteiger partial charge in [0.15, 0.2) is 0 Å². The predicted molar refractivity (Wildman–Crippen MR) is 131 cm³/mol. The van der Waals surface area contributed by atoms with Crippen LogP contribution in [-0.4, -0.2) is 28.7 Å². The summed E-state index contributed by atoms with van der Waals surface area (Å²) in [7, 11) is 0. The number of benzene rings is 3. The lowest BCUT2D eigenvalue weighted by molar-refractivity contribution is -0.113. The van der Waals surface area contributed by atoms with E-state index in [0.29, 0.717) is 24.4 Å². The number of nitrogens with one attached hydrogen (secondary N) is 2. The van der Waals surface area contributed by atoms with Crippen LogP contribution in [0.25, 0.3) is 10.9 Å². The summed E-state index contributed by atoms with van der Waals surface area (Å²) in [6.07, 6.45) is 2.06. The lowest BCUT2D eigenvalue weighted by atomic mass is 10.2. The van der Waals surface area contributed by atoms with Gasteiger partial charge in [0.05, 0.1) is 5.75 Å². The Labute approximate surface area is 191 Å². The van der Waals surface area contributed by atoms with Crippen LogP contribution in [0, 0.1) is 6.92 Å². The fourth-order valence-electron chi connectivity index (χ4n) is 3.56. The molecule has 0 bridgehead atoms. The number of nitrogens with zero attached hydrogens (tertiary/aromatic N) is 1. The summed E-state index contributed by atoms with van der Waals surface area (Å²) in [6.45, 7) is 3.17. The maximum atomic E-state index is 12.4. The van der Waals surface area contributed by atoms with Gasteiger partial charge in [-0.2, -0.15) is 0 Å². The van der Waals surface area contributed by atoms with Crippen LogP contribution in [-0.2, 0) is 11.3 Å². The molecule has 4 rings (SSSR count). The summed E-state index contributed by atoms with van der Waals surface area (Å²) in [5, 5.41) is 7.04. The van der Waals surface area contributed by atoms with E-state index >= 15 is 0 Å². The maximum absolute atomic E-state index is 12.4. The van der Waals surface area contributed by atoms with Gasteiger partial charge in [0.1, 0.15) is 0 Å². The van der Waals surface area contributed by atoms with Crippen molar-refractivity contribution in [2.75, 3.05) is 17.6 Å². The van der Waals surface area contributed by atoms with E-state index in [-0.39, 0.29) is 11.8 Å². The molecule has 0 saturated heterocycles. The zero-order valence-corrected chi connectivity index (χ0v) is 18.7. The molecule has 0 fully saturated rings. The number of rotatable bonds is 8. The fraction of sp³-hybridized carbons (Fsp3) is 0.154. The first kappa shape index (κ1) is 21.7. The van der Waals surface area contributed by atoms with Gasteiger partial charge < -0.3 is 15.2 Å². The van der Waals surface area contributed by atoms with E-state index < -0.39 is 0 Å². The first-order chi connectivity index (χ1) is 15.6. The van der Waals surface area contributed by atoms with Crippen LogP contribution in [0.5, 0.6) is 0 Å². The summed E-state index contributed by atoms with van der Waals surface area (Å²) in [4.78, 5) is 25.8. The summed E-state index contributed by atoms with van der Waals surface area (Å²) in [5.74, 6) is 0.212. The molecule has 0 atom stereocenters. The summed E-state index contributed by atoms with van der Waals surface area (Å²) in [6, 6.07) is 25.1. The molecule has 6 heteroatoms. The van der Waals surface area contributed by atoms with Gasteiger partial charge >= 0.3 is 0 Å². The molecular weight excluding hydrogens is 418 g/mol. The highest BCUT2D eigenvalue weighted by atomic mass is 32.2. The third-order valence-corrected chi connectivity index (χ3v) is 6.13. The molecule has 0 aliphatic heterocycles. The topological polar surface area (TPSA) is 63.1 Å². The molecule has 32 heavy (non-hydrogen) atoms. The van der Waals surface area contributed by atoms with Gasteiger partial charge in [-0.1, -0.05) is 48.5 Å². The number of para-hydroxylation sites is 1. The van der Waals surface area contributed by atoms with E-state index in [1.807, 2.05) is 61.5 Å². The molecular formula is C26H25N3O2S. The minimum atomic E-state index is -0.0792. The van der Waals surface area contributed by atoms with E-state index in [1.54, 1.807) is 12.1 Å². The monoisotopic (exact) mass is 443 g/mol. The van der Waals surface area contributed by atoms with Gasteiger partial charge in [-0.3, -0.25) is 9.59 Å². The Morgan fingerprint density at radius 2 is 1.72 bits per heavy atom. The number of carbonyl (C=O) groups excluding carboxylic acids is 2. The Hall–Kier alpha value is -3.51. The predicted octanol–water partition coefficient (Wildman–Crippen LogP) is 5.11. The number of thioether (sulfide) groups is 1. The molecule has 0 saturated carbocycles. The van der Waals surface area contributed by atoms with Crippen LogP contribution in [0.15, 0.2) is 90.0 Å². The maximum Gasteiger partial charge on any atom is 0.251 e. The molecule has 162 valence electrons. The highest BCUT2D eigenvalue weighted by Crippen LogP contribution is 2.30. The smallest absolute Gasteiger partial charge is 0.251 e. The molecule has 2 N–H and O–H groups in total. The number of hydrogen-bond donors (Lipinski definition) is 2. The van der Waals surface area contributed by atoms with Crippen molar-refractivity contribution in [3.8, 4) is 0 Å². The second-order valence-electron chi connectivity index (χ2n) is 7.53. The Morgan fingerprint density at radius 1 is 0.938 bits per heavy atom. The van der Waals surface area contributed by atoms with E-state index in [2.05, 4.69) is 33.5 Å². The van der Waals surface area contributed by atoms with Crippen molar-refractivity contribution in [1.82, 2.24) is 9.88 Å². The highest BCUT2D eigenvalue weighted by Gasteiger charge is 2.12. The van der Waals surface area contributed by atoms with Crippen LogP contribution in [0.4, 0.5) is 5.69 Å². The van der Waals surface area contributed by atoms with Gasteiger partial charge in [0.25, 0.3) is 5.91 Å². The average Bonchev–Trinajstić information content (AvgIpc) is 3.16. The van der Waals surface area contributed by atoms with E-state index in [4.69, 9.17) is 0 Å². The van der Waals surface area contributed by atoms with Gasteiger partial charge in [-0.15, -0.1) is 11.8 Å². The van der Waals surface area contributed by atoms with Crippen LogP contribution < -0.4 is 10.6 Å². The standard InChI is InChI=1S/C26H25N3O2S/c1-19-8-7-11-21(16-19)28-25(30)18-32-24-17-29(23-13-6-5-12-22(23)24)15-14-27-26(31)20-9-3-2-4-10-20/h2-13,16-17H,14-15,18H2,1H3,(H,27,31)(H,28,30). The molecule has 1 aromatic heterocycles. The number of aryl methyl sites for hydroxylation is 1. The molecule has 0 radical (unpaired) electrons. The number of carbonyl (C=O) groups is 2. The molecule has 1 heterocycles. The lowest BCUT2D eigenvalue weighted by Gasteiger charge is -2.07. The van der Waals surface area contributed by atoms with E-state index in [9.17, 15) is 9.59 Å². The summed E-state index contributed by atoms with van der Waals surface area (Å²) < 4.78 is 2.13. The highest BCUT2D eigenvalue weighted by molar-refractivity contribution is 8.00. The SMILES string of the molecule is Cc1cccc(NC(=O)CSc2cn(CCNC(=O)c3ccccc3)c3ccccc23)c1. The van der Waals surface area contributed by atoms with Crippen LogP contribution in [0.1, 0.15) is 15.9 Å². The number of hydrogen-bond acceptors (Lipinski definition) is 3. The molecule has 0 unspecified atom stereocenters. The van der Waals surface area contributed by atoms with Gasteiger partial charge in [-0.05, 0) is 42.8 Å². The van der Waals surface area contributed by atoms with Gasteiger partial charge in [0, 0.05) is 46.3 Å². The van der Waals surface area contributed by atoms with E-state index in [1.165, 1.54) is 11.8 Å². The number of amides is 2. The first-order valence-electron chi connectivity index (χ1n) is 10.5. The zero-order valence-electron chi connectivity index (χ0n) is 17.9. The Bertz CT molecular complexity index is 1230.